The van der Waals surface area contributed by atoms with Gasteiger partial charge in [0.05, 0.1) is 23.0 Å². The number of aryl methyl sites for hydroxylation is 1. The van der Waals surface area contributed by atoms with Crippen molar-refractivity contribution >= 4 is 22.6 Å². The van der Waals surface area contributed by atoms with Crippen LogP contribution in [0.5, 0.6) is 0 Å². The number of aromatic nitrogens is 2. The number of hydrogen-bond acceptors (Lipinski definition) is 1. The number of benzene rings is 2. The van der Waals surface area contributed by atoms with Gasteiger partial charge >= 0.3 is 0 Å². The molecule has 1 aromatic heterocycles. The molecule has 3 heteroatoms. The zero-order chi connectivity index (χ0) is 14.1. The van der Waals surface area contributed by atoms with E-state index in [2.05, 4.69) is 53.7 Å². The molecule has 0 aliphatic carbocycles. The van der Waals surface area contributed by atoms with Crippen LogP contribution in [0.2, 0.25) is 0 Å². The molecule has 2 aromatic carbocycles. The second-order valence-electron chi connectivity index (χ2n) is 5.11. The Morgan fingerprint density at radius 3 is 2.50 bits per heavy atom. The summed E-state index contributed by atoms with van der Waals surface area (Å²) in [7, 11) is 0. The summed E-state index contributed by atoms with van der Waals surface area (Å²) in [5.41, 5.74) is 4.68. The largest absolute Gasteiger partial charge is 0.320 e. The molecule has 102 valence electrons. The molecule has 0 amide bonds. The van der Waals surface area contributed by atoms with Crippen molar-refractivity contribution in [2.75, 3.05) is 0 Å². The van der Waals surface area contributed by atoms with E-state index in [4.69, 9.17) is 11.6 Å². The van der Waals surface area contributed by atoms with Gasteiger partial charge < -0.3 is 4.57 Å². The fraction of sp³-hybridized carbons (Fsp3) is 0.235. The van der Waals surface area contributed by atoms with E-state index in [1.165, 1.54) is 11.1 Å². The van der Waals surface area contributed by atoms with Crippen LogP contribution in [-0.4, -0.2) is 9.55 Å². The average molecular weight is 285 g/mol. The number of alkyl halides is 1. The third-order valence-corrected chi connectivity index (χ3v) is 3.97. The Morgan fingerprint density at radius 2 is 1.80 bits per heavy atom. The maximum absolute atomic E-state index is 6.08. The van der Waals surface area contributed by atoms with Gasteiger partial charge in [0.2, 0.25) is 0 Å². The first-order valence-corrected chi connectivity index (χ1v) is 7.32. The molecule has 3 aromatic rings. The van der Waals surface area contributed by atoms with Crippen LogP contribution < -0.4 is 0 Å². The number of imidazole rings is 1. The highest BCUT2D eigenvalue weighted by Crippen LogP contribution is 2.26. The van der Waals surface area contributed by atoms with Crippen LogP contribution in [0.3, 0.4) is 0 Å². The molecule has 3 rings (SSSR count). The van der Waals surface area contributed by atoms with E-state index in [1.807, 2.05) is 18.2 Å². The van der Waals surface area contributed by atoms with Gasteiger partial charge in [0.25, 0.3) is 0 Å². The van der Waals surface area contributed by atoms with Crippen molar-refractivity contribution in [2.45, 2.75) is 25.8 Å². The summed E-state index contributed by atoms with van der Waals surface area (Å²) in [6.45, 7) is 4.29. The Morgan fingerprint density at radius 1 is 1.10 bits per heavy atom. The highest BCUT2D eigenvalue weighted by atomic mass is 35.5. The van der Waals surface area contributed by atoms with E-state index >= 15 is 0 Å². The lowest BCUT2D eigenvalue weighted by molar-refractivity contribution is 0.634. The third-order valence-electron chi connectivity index (χ3n) is 3.74. The molecule has 0 spiro atoms. The number of nitrogens with zero attached hydrogens (tertiary/aromatic N) is 2. The molecule has 2 nitrogen and oxygen atoms in total. The van der Waals surface area contributed by atoms with Crippen molar-refractivity contribution < 1.29 is 0 Å². The van der Waals surface area contributed by atoms with E-state index in [0.717, 1.165) is 16.9 Å². The lowest BCUT2D eigenvalue weighted by Crippen LogP contribution is -2.09. The topological polar surface area (TPSA) is 17.8 Å². The Hall–Kier alpha value is -1.80. The van der Waals surface area contributed by atoms with Crippen molar-refractivity contribution in [1.82, 2.24) is 9.55 Å². The molecule has 1 atom stereocenters. The van der Waals surface area contributed by atoms with Gasteiger partial charge in [-0.3, -0.25) is 0 Å². The van der Waals surface area contributed by atoms with Gasteiger partial charge in [0, 0.05) is 0 Å². The summed E-state index contributed by atoms with van der Waals surface area (Å²) in [5.74, 6) is 1.34. The Labute approximate surface area is 124 Å². The van der Waals surface area contributed by atoms with Gasteiger partial charge in [-0.2, -0.15) is 0 Å². The predicted molar refractivity (Wildman–Crippen MR) is 84.3 cm³/mol. The van der Waals surface area contributed by atoms with Gasteiger partial charge in [-0.15, -0.1) is 11.6 Å². The van der Waals surface area contributed by atoms with Crippen LogP contribution in [0.15, 0.2) is 48.5 Å². The number of rotatable bonds is 3. The highest BCUT2D eigenvalue weighted by Gasteiger charge is 2.16. The van der Waals surface area contributed by atoms with Crippen LogP contribution >= 0.6 is 11.6 Å². The summed E-state index contributed by atoms with van der Waals surface area (Å²) < 4.78 is 2.23. The zero-order valence-electron chi connectivity index (χ0n) is 11.7. The molecule has 0 aliphatic heterocycles. The minimum atomic E-state index is 0.219. The zero-order valence-corrected chi connectivity index (χ0v) is 12.4. The maximum atomic E-state index is 6.08. The van der Waals surface area contributed by atoms with Crippen LogP contribution in [0.25, 0.3) is 11.0 Å². The van der Waals surface area contributed by atoms with Gasteiger partial charge in [-0.25, -0.2) is 4.98 Å². The minimum absolute atomic E-state index is 0.219. The maximum Gasteiger partial charge on any atom is 0.125 e. The van der Waals surface area contributed by atoms with Crippen LogP contribution in [0, 0.1) is 6.92 Å². The molecular weight excluding hydrogens is 268 g/mol. The molecule has 0 saturated carbocycles. The summed E-state index contributed by atoms with van der Waals surface area (Å²) in [5, 5.41) is 0. The molecule has 20 heavy (non-hydrogen) atoms. The van der Waals surface area contributed by atoms with Gasteiger partial charge in [0.15, 0.2) is 0 Å². The van der Waals surface area contributed by atoms with Crippen molar-refractivity contribution in [1.29, 1.82) is 0 Å². The number of fused-ring (bicyclic) bond motifs is 1. The second-order valence-corrected chi connectivity index (χ2v) is 5.37. The lowest BCUT2D eigenvalue weighted by atomic mass is 10.1. The summed E-state index contributed by atoms with van der Waals surface area (Å²) in [4.78, 5) is 4.63. The first-order chi connectivity index (χ1) is 9.70. The number of hydrogen-bond donors (Lipinski definition) is 0. The molecule has 1 unspecified atom stereocenters. The van der Waals surface area contributed by atoms with E-state index in [9.17, 15) is 0 Å². The molecule has 0 bridgehead atoms. The minimum Gasteiger partial charge on any atom is -0.320 e. The summed E-state index contributed by atoms with van der Waals surface area (Å²) in [6.07, 6.45) is 0. The first kappa shape index (κ1) is 13.2. The highest BCUT2D eigenvalue weighted by molar-refractivity contribution is 6.16. The number of para-hydroxylation sites is 2. The normalized spacial score (nSPS) is 12.8. The van der Waals surface area contributed by atoms with Gasteiger partial charge in [0.1, 0.15) is 5.82 Å². The third kappa shape index (κ3) is 2.20. The number of halogens is 1. The summed E-state index contributed by atoms with van der Waals surface area (Å²) in [6, 6.07) is 17.0. The smallest absolute Gasteiger partial charge is 0.125 e. The molecule has 1 heterocycles. The standard InChI is InChI=1S/C17H17ClN2/c1-12-7-9-14(10-8-12)13(2)20-16-6-4-3-5-15(16)19-17(20)11-18/h3-10,13H,11H2,1-2H3. The fourth-order valence-electron chi connectivity index (χ4n) is 2.61. The SMILES string of the molecule is Cc1ccc(C(C)n2c(CCl)nc3ccccc32)cc1. The molecule has 0 N–H and O–H groups in total. The van der Waals surface area contributed by atoms with E-state index < -0.39 is 0 Å². The summed E-state index contributed by atoms with van der Waals surface area (Å²) >= 11 is 6.08. The van der Waals surface area contributed by atoms with E-state index in [0.29, 0.717) is 5.88 Å². The quantitative estimate of drug-likeness (QED) is 0.638. The lowest BCUT2D eigenvalue weighted by Gasteiger charge is -2.17. The van der Waals surface area contributed by atoms with Gasteiger partial charge in [-0.1, -0.05) is 42.0 Å². The van der Waals surface area contributed by atoms with E-state index in [1.54, 1.807) is 0 Å². The van der Waals surface area contributed by atoms with Crippen LogP contribution in [0.1, 0.15) is 29.9 Å². The second kappa shape index (κ2) is 5.29. The monoisotopic (exact) mass is 284 g/mol. The molecular formula is C17H17ClN2. The molecule has 0 fully saturated rings. The van der Waals surface area contributed by atoms with E-state index in [-0.39, 0.29) is 6.04 Å². The Balaban J connectivity index is 2.15. The van der Waals surface area contributed by atoms with Crippen molar-refractivity contribution in [3.05, 3.63) is 65.5 Å². The van der Waals surface area contributed by atoms with Crippen molar-refractivity contribution in [3.63, 3.8) is 0 Å². The Kier molecular flexibility index (Phi) is 3.49. The first-order valence-electron chi connectivity index (χ1n) is 6.79. The van der Waals surface area contributed by atoms with Crippen molar-refractivity contribution in [2.24, 2.45) is 0 Å². The molecule has 0 radical (unpaired) electrons. The average Bonchev–Trinajstić information content (AvgIpc) is 2.85. The fourth-order valence-corrected chi connectivity index (χ4v) is 2.80. The van der Waals surface area contributed by atoms with Crippen LogP contribution in [0.4, 0.5) is 0 Å². The van der Waals surface area contributed by atoms with Crippen LogP contribution in [-0.2, 0) is 5.88 Å². The predicted octanol–water partition coefficient (Wildman–Crippen LogP) is 4.69. The van der Waals surface area contributed by atoms with Crippen molar-refractivity contribution in [3.8, 4) is 0 Å². The van der Waals surface area contributed by atoms with Gasteiger partial charge in [-0.05, 0) is 31.5 Å². The molecule has 0 aliphatic rings. The Bertz CT molecular complexity index is 728. The molecule has 0 saturated heterocycles.